The van der Waals surface area contributed by atoms with Crippen LogP contribution in [0, 0.1) is 6.92 Å². The van der Waals surface area contributed by atoms with E-state index in [1.165, 1.54) is 0 Å². The van der Waals surface area contributed by atoms with Gasteiger partial charge in [0.25, 0.3) is 0 Å². The highest BCUT2D eigenvalue weighted by atomic mass is 16.1. The first-order valence-corrected chi connectivity index (χ1v) is 7.01. The van der Waals surface area contributed by atoms with Gasteiger partial charge in [0.15, 0.2) is 5.78 Å². The Balaban J connectivity index is 1.94. The molecule has 2 heteroatoms. The second-order valence-electron chi connectivity index (χ2n) is 5.31. The third-order valence-corrected chi connectivity index (χ3v) is 3.82. The van der Waals surface area contributed by atoms with Gasteiger partial charge in [-0.05, 0) is 47.0 Å². The number of carbonyl (C=O) groups is 1. The Bertz CT molecular complexity index is 815. The first-order chi connectivity index (χ1) is 10.1. The summed E-state index contributed by atoms with van der Waals surface area (Å²) in [5.41, 5.74) is 9.25. The minimum absolute atomic E-state index is 0.120. The Labute approximate surface area is 124 Å². The Kier molecular flexibility index (Phi) is 3.44. The molecule has 3 rings (SSSR count). The van der Waals surface area contributed by atoms with Gasteiger partial charge in [0.1, 0.15) is 0 Å². The largest absolute Gasteiger partial charge is 0.399 e. The lowest BCUT2D eigenvalue weighted by atomic mass is 9.97. The zero-order valence-corrected chi connectivity index (χ0v) is 12.0. The first-order valence-electron chi connectivity index (χ1n) is 7.01. The molecule has 0 spiro atoms. The molecular weight excluding hydrogens is 258 g/mol. The Morgan fingerprint density at radius 2 is 1.76 bits per heavy atom. The Morgan fingerprint density at radius 3 is 2.57 bits per heavy atom. The Hall–Kier alpha value is -2.61. The van der Waals surface area contributed by atoms with E-state index in [0.717, 1.165) is 33.2 Å². The van der Waals surface area contributed by atoms with E-state index in [1.54, 1.807) is 12.1 Å². The van der Waals surface area contributed by atoms with Gasteiger partial charge < -0.3 is 5.73 Å². The quantitative estimate of drug-likeness (QED) is 0.576. The van der Waals surface area contributed by atoms with E-state index in [4.69, 9.17) is 5.73 Å². The van der Waals surface area contributed by atoms with Gasteiger partial charge in [0.05, 0.1) is 0 Å². The number of nitrogens with two attached hydrogens (primary N) is 1. The van der Waals surface area contributed by atoms with Crippen molar-refractivity contribution in [1.82, 2.24) is 0 Å². The molecule has 0 aliphatic carbocycles. The van der Waals surface area contributed by atoms with Crippen LogP contribution in [-0.2, 0) is 6.42 Å². The number of hydrogen-bond donors (Lipinski definition) is 1. The van der Waals surface area contributed by atoms with E-state index in [2.05, 4.69) is 18.2 Å². The van der Waals surface area contributed by atoms with Crippen LogP contribution in [0.1, 0.15) is 21.5 Å². The summed E-state index contributed by atoms with van der Waals surface area (Å²) >= 11 is 0. The molecule has 0 fully saturated rings. The summed E-state index contributed by atoms with van der Waals surface area (Å²) in [7, 11) is 0. The maximum absolute atomic E-state index is 12.5. The Morgan fingerprint density at radius 1 is 1.00 bits per heavy atom. The molecule has 2 N–H and O–H groups in total. The van der Waals surface area contributed by atoms with E-state index in [9.17, 15) is 4.79 Å². The molecule has 2 nitrogen and oxygen atoms in total. The fourth-order valence-corrected chi connectivity index (χ4v) is 2.57. The predicted octanol–water partition coefficient (Wildman–Crippen LogP) is 4.16. The number of aryl methyl sites for hydroxylation is 1. The number of nitrogen functional groups attached to an aromatic ring is 1. The van der Waals surface area contributed by atoms with Crippen LogP contribution in [0.5, 0.6) is 0 Å². The fourth-order valence-electron chi connectivity index (χ4n) is 2.57. The van der Waals surface area contributed by atoms with Crippen LogP contribution in [-0.4, -0.2) is 5.78 Å². The molecule has 0 atom stereocenters. The highest BCUT2D eigenvalue weighted by Gasteiger charge is 2.10. The van der Waals surface area contributed by atoms with Crippen molar-refractivity contribution in [3.8, 4) is 0 Å². The number of anilines is 1. The van der Waals surface area contributed by atoms with Crippen molar-refractivity contribution >= 4 is 22.2 Å². The predicted molar refractivity (Wildman–Crippen MR) is 87.6 cm³/mol. The summed E-state index contributed by atoms with van der Waals surface area (Å²) in [6.07, 6.45) is 0.407. The highest BCUT2D eigenvalue weighted by molar-refractivity contribution is 6.00. The molecule has 0 unspecified atom stereocenters. The number of ketones is 1. The third-order valence-electron chi connectivity index (χ3n) is 3.82. The van der Waals surface area contributed by atoms with Crippen molar-refractivity contribution in [2.75, 3.05) is 5.73 Å². The molecule has 3 aromatic rings. The maximum atomic E-state index is 12.5. The van der Waals surface area contributed by atoms with E-state index in [-0.39, 0.29) is 5.78 Å². The second-order valence-corrected chi connectivity index (χ2v) is 5.31. The summed E-state index contributed by atoms with van der Waals surface area (Å²) in [5, 5.41) is 2.30. The van der Waals surface area contributed by atoms with E-state index >= 15 is 0 Å². The van der Waals surface area contributed by atoms with Gasteiger partial charge in [-0.15, -0.1) is 0 Å². The summed E-state index contributed by atoms with van der Waals surface area (Å²) in [6.45, 7) is 1.92. The number of benzene rings is 3. The third kappa shape index (κ3) is 2.65. The van der Waals surface area contributed by atoms with Gasteiger partial charge in [0.2, 0.25) is 0 Å². The van der Waals surface area contributed by atoms with Gasteiger partial charge in [-0.3, -0.25) is 4.79 Å². The van der Waals surface area contributed by atoms with Crippen molar-refractivity contribution in [3.05, 3.63) is 77.4 Å². The van der Waals surface area contributed by atoms with Crippen LogP contribution in [0.2, 0.25) is 0 Å². The number of fused-ring (bicyclic) bond motifs is 1. The van der Waals surface area contributed by atoms with Crippen molar-refractivity contribution in [2.24, 2.45) is 0 Å². The minimum Gasteiger partial charge on any atom is -0.399 e. The van der Waals surface area contributed by atoms with E-state index in [0.29, 0.717) is 6.42 Å². The molecule has 0 aliphatic heterocycles. The fraction of sp³-hybridized carbons (Fsp3) is 0.105. The zero-order valence-electron chi connectivity index (χ0n) is 12.0. The van der Waals surface area contributed by atoms with Gasteiger partial charge in [-0.2, -0.15) is 0 Å². The van der Waals surface area contributed by atoms with Crippen LogP contribution in [0.15, 0.2) is 60.7 Å². The molecule has 0 bridgehead atoms. The number of carbonyl (C=O) groups excluding carboxylic acids is 1. The first kappa shape index (κ1) is 13.4. The van der Waals surface area contributed by atoms with Crippen molar-refractivity contribution in [1.29, 1.82) is 0 Å². The lowest BCUT2D eigenvalue weighted by molar-refractivity contribution is 0.0993. The van der Waals surface area contributed by atoms with Crippen LogP contribution in [0.25, 0.3) is 10.8 Å². The molecule has 21 heavy (non-hydrogen) atoms. The molecule has 0 amide bonds. The molecule has 0 aromatic heterocycles. The van der Waals surface area contributed by atoms with Crippen molar-refractivity contribution < 1.29 is 4.79 Å². The second kappa shape index (κ2) is 5.41. The molecule has 3 aromatic carbocycles. The summed E-state index contributed by atoms with van der Waals surface area (Å²) in [6, 6.07) is 19.7. The van der Waals surface area contributed by atoms with Crippen molar-refractivity contribution in [2.45, 2.75) is 13.3 Å². The average Bonchev–Trinajstić information content (AvgIpc) is 2.50. The number of Topliss-reactive ketones (excluding diaryl/α,β-unsaturated/α-hetero) is 1. The smallest absolute Gasteiger partial charge is 0.167 e. The van der Waals surface area contributed by atoms with Gasteiger partial charge in [0, 0.05) is 17.7 Å². The molecule has 0 saturated heterocycles. The molecule has 104 valence electrons. The van der Waals surface area contributed by atoms with E-state index < -0.39 is 0 Å². The highest BCUT2D eigenvalue weighted by Crippen LogP contribution is 2.21. The molecule has 0 radical (unpaired) electrons. The molecule has 0 aliphatic rings. The summed E-state index contributed by atoms with van der Waals surface area (Å²) < 4.78 is 0. The monoisotopic (exact) mass is 275 g/mol. The average molecular weight is 275 g/mol. The lowest BCUT2D eigenvalue weighted by Gasteiger charge is -2.07. The summed E-state index contributed by atoms with van der Waals surface area (Å²) in [4.78, 5) is 12.5. The SMILES string of the molecule is Cc1cc(C(=O)Cc2cccc3ccccc23)ccc1N. The van der Waals surface area contributed by atoms with Crippen LogP contribution < -0.4 is 5.73 Å². The lowest BCUT2D eigenvalue weighted by Crippen LogP contribution is -2.05. The standard InChI is InChI=1S/C19H17NO/c1-13-11-16(9-10-18(13)20)19(21)12-15-7-4-6-14-5-2-3-8-17(14)15/h2-11H,12,20H2,1H3. The normalized spacial score (nSPS) is 10.7. The molecule has 0 saturated carbocycles. The topological polar surface area (TPSA) is 43.1 Å². The molecule has 0 heterocycles. The van der Waals surface area contributed by atoms with Gasteiger partial charge in [-0.1, -0.05) is 42.5 Å². The van der Waals surface area contributed by atoms with Crippen LogP contribution >= 0.6 is 0 Å². The zero-order chi connectivity index (χ0) is 14.8. The van der Waals surface area contributed by atoms with Crippen molar-refractivity contribution in [3.63, 3.8) is 0 Å². The minimum atomic E-state index is 0.120. The van der Waals surface area contributed by atoms with Gasteiger partial charge in [-0.25, -0.2) is 0 Å². The van der Waals surface area contributed by atoms with Crippen LogP contribution in [0.4, 0.5) is 5.69 Å². The van der Waals surface area contributed by atoms with Crippen LogP contribution in [0.3, 0.4) is 0 Å². The number of hydrogen-bond acceptors (Lipinski definition) is 2. The maximum Gasteiger partial charge on any atom is 0.167 e. The number of rotatable bonds is 3. The summed E-state index contributed by atoms with van der Waals surface area (Å²) in [5.74, 6) is 0.120. The molecular formula is C19H17NO. The van der Waals surface area contributed by atoms with E-state index in [1.807, 2.05) is 37.3 Å². The van der Waals surface area contributed by atoms with Gasteiger partial charge >= 0.3 is 0 Å².